The highest BCUT2D eigenvalue weighted by Crippen LogP contribution is 2.18. The molecule has 0 aliphatic carbocycles. The molecule has 7 nitrogen and oxygen atoms in total. The van der Waals surface area contributed by atoms with E-state index in [2.05, 4.69) is 16.0 Å². The molecule has 2 heterocycles. The lowest BCUT2D eigenvalue weighted by molar-refractivity contribution is 0.0951. The fourth-order valence-electron chi connectivity index (χ4n) is 4.07. The number of benzene rings is 1. The fraction of sp³-hybridized carbons (Fsp3) is 0.458. The zero-order valence-corrected chi connectivity index (χ0v) is 19.5. The number of aromatic nitrogens is 1. The highest BCUT2D eigenvalue weighted by Gasteiger charge is 2.20. The number of carbonyl (C=O) groups is 2. The number of carbonyl (C=O) groups excluding carboxylic acids is 2. The molecule has 0 radical (unpaired) electrons. The van der Waals surface area contributed by atoms with E-state index in [1.54, 1.807) is 6.20 Å². The van der Waals surface area contributed by atoms with Crippen LogP contribution in [0.4, 0.5) is 0 Å². The predicted molar refractivity (Wildman–Crippen MR) is 129 cm³/mol. The molecule has 1 fully saturated rings. The first kappa shape index (κ1) is 25.6. The number of nitrogens with one attached hydrogen (secondary N) is 3. The summed E-state index contributed by atoms with van der Waals surface area (Å²) in [4.78, 5) is 38.1. The Morgan fingerprint density at radius 2 is 1.84 bits per heavy atom. The molecule has 1 aromatic heterocycles. The average molecular weight is 461 g/mol. The van der Waals surface area contributed by atoms with Crippen LogP contribution >= 0.6 is 12.4 Å². The Hall–Kier alpha value is -2.64. The highest BCUT2D eigenvalue weighted by molar-refractivity contribution is 5.99. The Morgan fingerprint density at radius 3 is 2.50 bits per heavy atom. The van der Waals surface area contributed by atoms with Gasteiger partial charge < -0.3 is 20.5 Å². The topological polar surface area (TPSA) is 92.2 Å². The van der Waals surface area contributed by atoms with Crippen LogP contribution in [0.3, 0.4) is 0 Å². The standard InChI is InChI=1S/C24H32N4O3.ClH/c1-17(19-8-4-3-5-9-19)28-16-20(15-21(24(28)31)23(30)25-2)22(29)27-12-6-7-18-10-13-26-14-11-18;/h3-5,8-9,15-18,26H,6-7,10-14H2,1-2H3,(H,25,30)(H,27,29);1H/t17-;/m1./s1. The number of rotatable bonds is 8. The first-order valence-corrected chi connectivity index (χ1v) is 11.0. The van der Waals surface area contributed by atoms with Crippen molar-refractivity contribution in [2.45, 2.75) is 38.6 Å². The van der Waals surface area contributed by atoms with Crippen molar-refractivity contribution in [3.63, 3.8) is 0 Å². The summed E-state index contributed by atoms with van der Waals surface area (Å²) in [6, 6.07) is 10.6. The Bertz CT molecular complexity index is 955. The van der Waals surface area contributed by atoms with Crippen LogP contribution in [-0.4, -0.2) is 43.1 Å². The number of nitrogens with zero attached hydrogens (tertiary/aromatic N) is 1. The van der Waals surface area contributed by atoms with Gasteiger partial charge in [0.05, 0.1) is 11.6 Å². The van der Waals surface area contributed by atoms with Crippen molar-refractivity contribution < 1.29 is 9.59 Å². The largest absolute Gasteiger partial charge is 0.355 e. The molecule has 32 heavy (non-hydrogen) atoms. The zero-order valence-electron chi connectivity index (χ0n) is 18.7. The number of hydrogen-bond acceptors (Lipinski definition) is 4. The summed E-state index contributed by atoms with van der Waals surface area (Å²) in [5, 5.41) is 8.80. The smallest absolute Gasteiger partial charge is 0.264 e. The van der Waals surface area contributed by atoms with Crippen LogP contribution in [0.5, 0.6) is 0 Å². The van der Waals surface area contributed by atoms with Crippen LogP contribution in [-0.2, 0) is 0 Å². The van der Waals surface area contributed by atoms with Crippen molar-refractivity contribution >= 4 is 24.2 Å². The molecule has 3 rings (SSSR count). The SMILES string of the molecule is CNC(=O)c1cc(C(=O)NCCCC2CCNCC2)cn([C@H](C)c2ccccc2)c1=O.Cl. The molecule has 8 heteroatoms. The van der Waals surface area contributed by atoms with Crippen molar-refractivity contribution in [3.05, 3.63) is 69.6 Å². The Balaban J connectivity index is 0.00000363. The maximum absolute atomic E-state index is 13.0. The number of hydrogen-bond donors (Lipinski definition) is 3. The van der Waals surface area contributed by atoms with Gasteiger partial charge in [-0.05, 0) is 63.2 Å². The molecular formula is C24H33ClN4O3. The highest BCUT2D eigenvalue weighted by atomic mass is 35.5. The van der Waals surface area contributed by atoms with Crippen LogP contribution in [0.25, 0.3) is 0 Å². The Kier molecular flexibility index (Phi) is 9.94. The minimum atomic E-state index is -0.500. The molecule has 2 aromatic rings. The lowest BCUT2D eigenvalue weighted by Crippen LogP contribution is -2.35. The minimum Gasteiger partial charge on any atom is -0.355 e. The van der Waals surface area contributed by atoms with Gasteiger partial charge in [0.1, 0.15) is 5.56 Å². The van der Waals surface area contributed by atoms with Crippen LogP contribution < -0.4 is 21.5 Å². The van der Waals surface area contributed by atoms with Gasteiger partial charge in [0.25, 0.3) is 17.4 Å². The summed E-state index contributed by atoms with van der Waals surface area (Å²) in [6.45, 7) is 4.59. The molecule has 3 N–H and O–H groups in total. The molecular weight excluding hydrogens is 428 g/mol. The van der Waals surface area contributed by atoms with E-state index < -0.39 is 11.5 Å². The van der Waals surface area contributed by atoms with E-state index in [1.165, 1.54) is 30.5 Å². The van der Waals surface area contributed by atoms with Crippen molar-refractivity contribution in [3.8, 4) is 0 Å². The second-order valence-corrected chi connectivity index (χ2v) is 8.11. The number of amides is 2. The number of halogens is 1. The molecule has 1 atom stereocenters. The molecule has 1 aromatic carbocycles. The quantitative estimate of drug-likeness (QED) is 0.528. The van der Waals surface area contributed by atoms with Gasteiger partial charge >= 0.3 is 0 Å². The minimum absolute atomic E-state index is 0. The molecule has 0 unspecified atom stereocenters. The normalized spacial score (nSPS) is 14.8. The summed E-state index contributed by atoms with van der Waals surface area (Å²) < 4.78 is 1.46. The number of piperidine rings is 1. The van der Waals surface area contributed by atoms with Crippen molar-refractivity contribution in [2.24, 2.45) is 5.92 Å². The maximum Gasteiger partial charge on any atom is 0.264 e. The first-order valence-electron chi connectivity index (χ1n) is 11.0. The van der Waals surface area contributed by atoms with Gasteiger partial charge in [-0.15, -0.1) is 12.4 Å². The first-order chi connectivity index (χ1) is 15.0. The van der Waals surface area contributed by atoms with Gasteiger partial charge in [-0.3, -0.25) is 14.4 Å². The molecule has 174 valence electrons. The van der Waals surface area contributed by atoms with E-state index in [0.717, 1.165) is 31.5 Å². The third-order valence-corrected chi connectivity index (χ3v) is 6.01. The molecule has 0 bridgehead atoms. The summed E-state index contributed by atoms with van der Waals surface area (Å²) in [5.74, 6) is -0.0596. The van der Waals surface area contributed by atoms with Gasteiger partial charge in [-0.2, -0.15) is 0 Å². The molecule has 0 saturated carbocycles. The van der Waals surface area contributed by atoms with E-state index in [9.17, 15) is 14.4 Å². The average Bonchev–Trinajstić information content (AvgIpc) is 2.82. The van der Waals surface area contributed by atoms with E-state index in [4.69, 9.17) is 0 Å². The van der Waals surface area contributed by atoms with E-state index >= 15 is 0 Å². The summed E-state index contributed by atoms with van der Waals surface area (Å²) >= 11 is 0. The molecule has 1 aliphatic heterocycles. The van der Waals surface area contributed by atoms with E-state index in [-0.39, 0.29) is 29.9 Å². The summed E-state index contributed by atoms with van der Waals surface area (Å²) in [6.07, 6.45) is 5.93. The van der Waals surface area contributed by atoms with Gasteiger partial charge in [-0.1, -0.05) is 30.3 Å². The van der Waals surface area contributed by atoms with E-state index in [1.807, 2.05) is 37.3 Å². The fourth-order valence-corrected chi connectivity index (χ4v) is 4.07. The molecule has 0 spiro atoms. The van der Waals surface area contributed by atoms with Crippen LogP contribution in [0.2, 0.25) is 0 Å². The van der Waals surface area contributed by atoms with Gasteiger partial charge in [-0.25, -0.2) is 0 Å². The molecule has 1 aliphatic rings. The van der Waals surface area contributed by atoms with Crippen molar-refractivity contribution in [1.29, 1.82) is 0 Å². The van der Waals surface area contributed by atoms with Gasteiger partial charge in [0, 0.05) is 19.8 Å². The lowest BCUT2D eigenvalue weighted by Gasteiger charge is -2.22. The molecule has 1 saturated heterocycles. The third-order valence-electron chi connectivity index (χ3n) is 6.01. The van der Waals surface area contributed by atoms with Gasteiger partial charge in [0.15, 0.2) is 0 Å². The van der Waals surface area contributed by atoms with Gasteiger partial charge in [0.2, 0.25) is 0 Å². The summed E-state index contributed by atoms with van der Waals surface area (Å²) in [5.41, 5.74) is 0.778. The van der Waals surface area contributed by atoms with Crippen LogP contribution in [0.15, 0.2) is 47.4 Å². The second kappa shape index (κ2) is 12.4. The molecule has 2 amide bonds. The maximum atomic E-state index is 13.0. The third kappa shape index (κ3) is 6.43. The van der Waals surface area contributed by atoms with Crippen molar-refractivity contribution in [1.82, 2.24) is 20.5 Å². The predicted octanol–water partition coefficient (Wildman–Crippen LogP) is 2.75. The monoisotopic (exact) mass is 460 g/mol. The summed E-state index contributed by atoms with van der Waals surface area (Å²) in [7, 11) is 1.47. The van der Waals surface area contributed by atoms with E-state index in [0.29, 0.717) is 18.0 Å². The zero-order chi connectivity index (χ0) is 22.2. The van der Waals surface area contributed by atoms with Crippen LogP contribution in [0.1, 0.15) is 64.9 Å². The Labute approximate surface area is 195 Å². The lowest BCUT2D eigenvalue weighted by atomic mass is 9.93. The van der Waals surface area contributed by atoms with Crippen molar-refractivity contribution in [2.75, 3.05) is 26.7 Å². The van der Waals surface area contributed by atoms with Crippen LogP contribution in [0, 0.1) is 5.92 Å². The number of pyridine rings is 1. The second-order valence-electron chi connectivity index (χ2n) is 8.11. The Morgan fingerprint density at radius 1 is 1.16 bits per heavy atom.